The van der Waals surface area contributed by atoms with Gasteiger partial charge in [0.05, 0.1) is 23.5 Å². The van der Waals surface area contributed by atoms with Crippen LogP contribution in [-0.4, -0.2) is 37.7 Å². The second kappa shape index (κ2) is 7.38. The molecule has 2 atom stereocenters. The molecule has 1 fully saturated rings. The molecule has 2 aliphatic heterocycles. The first-order chi connectivity index (χ1) is 12.7. The maximum Gasteiger partial charge on any atom is 0.226 e. The zero-order chi connectivity index (χ0) is 17.9. The van der Waals surface area contributed by atoms with Crippen LogP contribution >= 0.6 is 0 Å². The maximum atomic E-state index is 12.2. The summed E-state index contributed by atoms with van der Waals surface area (Å²) >= 11 is 0. The summed E-state index contributed by atoms with van der Waals surface area (Å²) < 4.78 is 6.18. The molecule has 26 heavy (non-hydrogen) atoms. The predicted molar refractivity (Wildman–Crippen MR) is 104 cm³/mol. The topological polar surface area (TPSA) is 53.6 Å². The number of amides is 1. The Kier molecular flexibility index (Phi) is 4.80. The van der Waals surface area contributed by atoms with Crippen molar-refractivity contribution in [1.29, 1.82) is 0 Å². The molecule has 2 aromatic carbocycles. The number of benzene rings is 2. The molecule has 2 N–H and O–H groups in total. The fourth-order valence-electron chi connectivity index (χ4n) is 3.82. The Morgan fingerprint density at radius 3 is 2.92 bits per heavy atom. The minimum atomic E-state index is 0.0774. The van der Waals surface area contributed by atoms with Gasteiger partial charge in [0.15, 0.2) is 0 Å². The van der Waals surface area contributed by atoms with Gasteiger partial charge in [0, 0.05) is 38.5 Å². The number of nitrogens with zero attached hydrogens (tertiary/aromatic N) is 1. The van der Waals surface area contributed by atoms with Gasteiger partial charge in [-0.15, -0.1) is 0 Å². The van der Waals surface area contributed by atoms with Crippen LogP contribution in [0.2, 0.25) is 0 Å². The van der Waals surface area contributed by atoms with E-state index >= 15 is 0 Å². The number of fused-ring (bicyclic) bond motifs is 3. The molecule has 0 radical (unpaired) electrons. The fraction of sp³-hybridized carbons (Fsp3) is 0.381. The van der Waals surface area contributed by atoms with Crippen molar-refractivity contribution in [2.75, 3.05) is 29.9 Å². The monoisotopic (exact) mass is 351 g/mol. The molecular formula is C21H25N3O2. The molecule has 4 rings (SSSR count). The lowest BCUT2D eigenvalue weighted by atomic mass is 10.1. The summed E-state index contributed by atoms with van der Waals surface area (Å²) in [7, 11) is 0. The molecule has 0 unspecified atom stereocenters. The first-order valence-corrected chi connectivity index (χ1v) is 9.31. The number of piperazine rings is 1. The van der Waals surface area contributed by atoms with Gasteiger partial charge in [0.25, 0.3) is 0 Å². The van der Waals surface area contributed by atoms with E-state index in [1.54, 1.807) is 0 Å². The molecule has 0 spiro atoms. The Morgan fingerprint density at radius 2 is 2.08 bits per heavy atom. The van der Waals surface area contributed by atoms with Crippen LogP contribution in [0.4, 0.5) is 11.4 Å². The van der Waals surface area contributed by atoms with E-state index < -0.39 is 0 Å². The molecule has 1 saturated heterocycles. The summed E-state index contributed by atoms with van der Waals surface area (Å²) in [6.45, 7) is 4.76. The number of nitrogens with one attached hydrogen (secondary N) is 2. The number of carbonyl (C=O) groups is 1. The molecule has 1 amide bonds. The molecule has 0 bridgehead atoms. The van der Waals surface area contributed by atoms with Gasteiger partial charge in [0.2, 0.25) is 5.91 Å². The molecule has 0 saturated carbocycles. The second-order valence-corrected chi connectivity index (χ2v) is 7.10. The highest BCUT2D eigenvalue weighted by Crippen LogP contribution is 2.35. The second-order valence-electron chi connectivity index (χ2n) is 7.10. The molecule has 136 valence electrons. The van der Waals surface area contributed by atoms with Crippen LogP contribution in [0.1, 0.15) is 18.9 Å². The summed E-state index contributed by atoms with van der Waals surface area (Å²) in [6, 6.07) is 16.6. The summed E-state index contributed by atoms with van der Waals surface area (Å²) in [5.41, 5.74) is 3.21. The Hall–Kier alpha value is -2.53. The Morgan fingerprint density at radius 1 is 1.23 bits per heavy atom. The van der Waals surface area contributed by atoms with Crippen molar-refractivity contribution >= 4 is 17.3 Å². The average molecular weight is 351 g/mol. The smallest absolute Gasteiger partial charge is 0.226 e. The van der Waals surface area contributed by atoms with Crippen molar-refractivity contribution in [2.24, 2.45) is 0 Å². The van der Waals surface area contributed by atoms with Crippen LogP contribution in [0.3, 0.4) is 0 Å². The van der Waals surface area contributed by atoms with Crippen molar-refractivity contribution < 1.29 is 9.53 Å². The minimum Gasteiger partial charge on any atom is -0.490 e. The van der Waals surface area contributed by atoms with E-state index in [1.165, 1.54) is 5.56 Å². The Labute approximate surface area is 154 Å². The van der Waals surface area contributed by atoms with E-state index in [-0.39, 0.29) is 18.1 Å². The van der Waals surface area contributed by atoms with E-state index in [4.69, 9.17) is 4.74 Å². The first kappa shape index (κ1) is 16.9. The predicted octanol–water partition coefficient (Wildman–Crippen LogP) is 2.82. The Bertz CT molecular complexity index is 778. The Balaban J connectivity index is 1.54. The van der Waals surface area contributed by atoms with Gasteiger partial charge >= 0.3 is 0 Å². The normalized spacial score (nSPS) is 20.4. The lowest BCUT2D eigenvalue weighted by Gasteiger charge is -2.36. The van der Waals surface area contributed by atoms with Crippen molar-refractivity contribution in [2.45, 2.75) is 31.9 Å². The van der Waals surface area contributed by atoms with Gasteiger partial charge in [-0.3, -0.25) is 4.79 Å². The summed E-state index contributed by atoms with van der Waals surface area (Å²) in [5, 5.41) is 6.42. The standard InChI is InChI=1S/C21H25N3O2/c1-15(11-16-5-3-2-4-6-16)26-18-7-8-19-20(13-18)24-10-9-22-14-17(24)12-21(25)23-19/h2-8,13,15,17,22H,9-12,14H2,1H3,(H,23,25)/t15-,17-/m1/s1. The summed E-state index contributed by atoms with van der Waals surface area (Å²) in [6.07, 6.45) is 1.46. The number of anilines is 2. The zero-order valence-corrected chi connectivity index (χ0v) is 15.1. The largest absolute Gasteiger partial charge is 0.490 e. The minimum absolute atomic E-state index is 0.0774. The van der Waals surface area contributed by atoms with Crippen molar-refractivity contribution in [3.63, 3.8) is 0 Å². The van der Waals surface area contributed by atoms with E-state index in [9.17, 15) is 4.79 Å². The number of rotatable bonds is 4. The highest BCUT2D eigenvalue weighted by Gasteiger charge is 2.30. The fourth-order valence-corrected chi connectivity index (χ4v) is 3.82. The van der Waals surface area contributed by atoms with Crippen LogP contribution in [0.15, 0.2) is 48.5 Å². The first-order valence-electron chi connectivity index (χ1n) is 9.31. The third kappa shape index (κ3) is 3.68. The van der Waals surface area contributed by atoms with Crippen LogP contribution in [0.5, 0.6) is 5.75 Å². The zero-order valence-electron chi connectivity index (χ0n) is 15.1. The van der Waals surface area contributed by atoms with Crippen molar-refractivity contribution in [3.8, 4) is 5.75 Å². The highest BCUT2D eigenvalue weighted by atomic mass is 16.5. The molecule has 5 heteroatoms. The van der Waals surface area contributed by atoms with Crippen molar-refractivity contribution in [3.05, 3.63) is 54.1 Å². The van der Waals surface area contributed by atoms with Crippen molar-refractivity contribution in [1.82, 2.24) is 5.32 Å². The van der Waals surface area contributed by atoms with E-state index in [1.807, 2.05) is 18.2 Å². The number of carbonyl (C=O) groups excluding carboxylic acids is 1. The molecule has 2 heterocycles. The number of ether oxygens (including phenoxy) is 1. The van der Waals surface area contributed by atoms with E-state index in [0.29, 0.717) is 6.42 Å². The molecule has 5 nitrogen and oxygen atoms in total. The SMILES string of the molecule is C[C@H](Cc1ccccc1)Oc1ccc2c(c1)N1CCNC[C@H]1CC(=O)N2. The molecule has 0 aromatic heterocycles. The van der Waals surface area contributed by atoms with Crippen LogP contribution in [0, 0.1) is 0 Å². The highest BCUT2D eigenvalue weighted by molar-refractivity contribution is 5.97. The van der Waals surface area contributed by atoms with Crippen LogP contribution in [-0.2, 0) is 11.2 Å². The molecular weight excluding hydrogens is 326 g/mol. The number of hydrogen-bond donors (Lipinski definition) is 2. The van der Waals surface area contributed by atoms with Gasteiger partial charge < -0.3 is 20.3 Å². The number of hydrogen-bond acceptors (Lipinski definition) is 4. The van der Waals surface area contributed by atoms with Gasteiger partial charge in [-0.25, -0.2) is 0 Å². The van der Waals surface area contributed by atoms with Gasteiger partial charge in [-0.05, 0) is 24.6 Å². The molecule has 2 aromatic rings. The third-order valence-electron chi connectivity index (χ3n) is 5.03. The average Bonchev–Trinajstić information content (AvgIpc) is 2.78. The van der Waals surface area contributed by atoms with Gasteiger partial charge in [0.1, 0.15) is 5.75 Å². The summed E-state index contributed by atoms with van der Waals surface area (Å²) in [5.74, 6) is 0.925. The maximum absolute atomic E-state index is 12.2. The lowest BCUT2D eigenvalue weighted by Crippen LogP contribution is -2.51. The molecule has 0 aliphatic carbocycles. The van der Waals surface area contributed by atoms with Crippen LogP contribution < -0.4 is 20.3 Å². The van der Waals surface area contributed by atoms with Crippen LogP contribution in [0.25, 0.3) is 0 Å². The quantitative estimate of drug-likeness (QED) is 0.889. The summed E-state index contributed by atoms with van der Waals surface area (Å²) in [4.78, 5) is 14.5. The third-order valence-corrected chi connectivity index (χ3v) is 5.03. The van der Waals surface area contributed by atoms with Gasteiger partial charge in [-0.1, -0.05) is 30.3 Å². The lowest BCUT2D eigenvalue weighted by molar-refractivity contribution is -0.116. The van der Waals surface area contributed by atoms with E-state index in [0.717, 1.165) is 43.2 Å². The van der Waals surface area contributed by atoms with E-state index in [2.05, 4.69) is 52.8 Å². The van der Waals surface area contributed by atoms with Gasteiger partial charge in [-0.2, -0.15) is 0 Å². The molecule has 2 aliphatic rings.